The normalized spacial score (nSPS) is 11.0. The van der Waals surface area contributed by atoms with Gasteiger partial charge >= 0.3 is 0 Å². The predicted molar refractivity (Wildman–Crippen MR) is 142 cm³/mol. The standard InChI is InChI=1S/C30H26N2OS/c1-2-22-15-18-27-28(19-22)34-30(31-27)32(21-24-9-5-3-6-10-24)29(33)20-23-13-16-26(17-14-23)25-11-7-4-8-12-25/h3-19H,2,20-21H2,1H3. The minimum absolute atomic E-state index is 0.0473. The smallest absolute Gasteiger partial charge is 0.233 e. The summed E-state index contributed by atoms with van der Waals surface area (Å²) in [5.74, 6) is 0.0473. The van der Waals surface area contributed by atoms with E-state index < -0.39 is 0 Å². The van der Waals surface area contributed by atoms with Gasteiger partial charge < -0.3 is 0 Å². The Morgan fingerprint density at radius 2 is 1.41 bits per heavy atom. The van der Waals surface area contributed by atoms with Crippen molar-refractivity contribution in [3.8, 4) is 11.1 Å². The lowest BCUT2D eigenvalue weighted by Crippen LogP contribution is -2.31. The number of carbonyl (C=O) groups excluding carboxylic acids is 1. The third-order valence-corrected chi connectivity index (χ3v) is 7.02. The van der Waals surface area contributed by atoms with E-state index in [1.165, 1.54) is 11.1 Å². The zero-order chi connectivity index (χ0) is 23.3. The van der Waals surface area contributed by atoms with Crippen LogP contribution in [0.3, 0.4) is 0 Å². The topological polar surface area (TPSA) is 33.2 Å². The maximum Gasteiger partial charge on any atom is 0.233 e. The SMILES string of the molecule is CCc1ccc2nc(N(Cc3ccccc3)C(=O)Cc3ccc(-c4ccccc4)cc3)sc2c1. The van der Waals surface area contributed by atoms with Crippen LogP contribution in [0.15, 0.2) is 103 Å². The minimum atomic E-state index is 0.0473. The molecule has 0 atom stereocenters. The molecule has 0 spiro atoms. The number of anilines is 1. The predicted octanol–water partition coefficient (Wildman–Crippen LogP) is 7.30. The lowest BCUT2D eigenvalue weighted by Gasteiger charge is -2.20. The summed E-state index contributed by atoms with van der Waals surface area (Å²) >= 11 is 1.59. The zero-order valence-electron chi connectivity index (χ0n) is 19.1. The summed E-state index contributed by atoms with van der Waals surface area (Å²) < 4.78 is 1.12. The van der Waals surface area contributed by atoms with Crippen LogP contribution in [0.1, 0.15) is 23.6 Å². The summed E-state index contributed by atoms with van der Waals surface area (Å²) in [7, 11) is 0. The molecule has 1 amide bonds. The average molecular weight is 463 g/mol. The summed E-state index contributed by atoms with van der Waals surface area (Å²) in [6.45, 7) is 2.65. The second kappa shape index (κ2) is 10.0. The Labute approximate surface area is 204 Å². The molecule has 3 nitrogen and oxygen atoms in total. The molecule has 34 heavy (non-hydrogen) atoms. The Kier molecular flexibility index (Phi) is 6.50. The quantitative estimate of drug-likeness (QED) is 0.254. The highest BCUT2D eigenvalue weighted by Crippen LogP contribution is 2.31. The maximum absolute atomic E-state index is 13.6. The van der Waals surface area contributed by atoms with Gasteiger partial charge in [0.1, 0.15) is 0 Å². The Bertz CT molecular complexity index is 1390. The number of hydrogen-bond donors (Lipinski definition) is 0. The summed E-state index contributed by atoms with van der Waals surface area (Å²) in [4.78, 5) is 20.2. The van der Waals surface area contributed by atoms with Crippen molar-refractivity contribution in [1.82, 2.24) is 4.98 Å². The molecular weight excluding hydrogens is 436 g/mol. The molecule has 0 unspecified atom stereocenters. The fourth-order valence-electron chi connectivity index (χ4n) is 4.04. The molecule has 0 fully saturated rings. The average Bonchev–Trinajstić information content (AvgIpc) is 3.31. The fraction of sp³-hybridized carbons (Fsp3) is 0.133. The molecule has 4 aromatic carbocycles. The third-order valence-electron chi connectivity index (χ3n) is 5.98. The van der Waals surface area contributed by atoms with Crippen molar-refractivity contribution in [3.63, 3.8) is 0 Å². The van der Waals surface area contributed by atoms with Gasteiger partial charge in [-0.15, -0.1) is 0 Å². The van der Waals surface area contributed by atoms with Crippen molar-refractivity contribution in [3.05, 3.63) is 120 Å². The van der Waals surface area contributed by atoms with E-state index in [0.717, 1.165) is 38.5 Å². The van der Waals surface area contributed by atoms with Crippen molar-refractivity contribution >= 4 is 32.6 Å². The molecule has 168 valence electrons. The number of nitrogens with zero attached hydrogens (tertiary/aromatic N) is 2. The van der Waals surface area contributed by atoms with Gasteiger partial charge in [-0.05, 0) is 46.4 Å². The number of amides is 1. The van der Waals surface area contributed by atoms with Crippen LogP contribution in [-0.4, -0.2) is 10.9 Å². The largest absolute Gasteiger partial charge is 0.283 e. The van der Waals surface area contributed by atoms with Gasteiger partial charge in [0, 0.05) is 0 Å². The molecule has 0 aliphatic carbocycles. The molecule has 4 heteroatoms. The first-order chi connectivity index (χ1) is 16.7. The Hall–Kier alpha value is -3.76. The van der Waals surface area contributed by atoms with Crippen molar-refractivity contribution in [2.24, 2.45) is 0 Å². The van der Waals surface area contributed by atoms with Gasteiger partial charge in [-0.25, -0.2) is 4.98 Å². The van der Waals surface area contributed by atoms with Gasteiger partial charge in [0.25, 0.3) is 0 Å². The van der Waals surface area contributed by atoms with Crippen LogP contribution in [0, 0.1) is 0 Å². The van der Waals surface area contributed by atoms with Crippen LogP contribution in [0.2, 0.25) is 0 Å². The molecule has 1 heterocycles. The molecule has 0 bridgehead atoms. The summed E-state index contributed by atoms with van der Waals surface area (Å²) in [6.07, 6.45) is 1.31. The molecule has 0 saturated heterocycles. The number of benzene rings is 4. The van der Waals surface area contributed by atoms with E-state index in [4.69, 9.17) is 4.98 Å². The number of aryl methyl sites for hydroxylation is 1. The number of aromatic nitrogens is 1. The molecule has 1 aromatic heterocycles. The molecule has 0 radical (unpaired) electrons. The first-order valence-electron chi connectivity index (χ1n) is 11.6. The third kappa shape index (κ3) is 4.92. The lowest BCUT2D eigenvalue weighted by atomic mass is 10.0. The number of fused-ring (bicyclic) bond motifs is 1. The number of thiazole rings is 1. The van der Waals surface area contributed by atoms with Gasteiger partial charge in [-0.1, -0.05) is 109 Å². The van der Waals surface area contributed by atoms with Gasteiger partial charge in [0.15, 0.2) is 5.13 Å². The van der Waals surface area contributed by atoms with E-state index >= 15 is 0 Å². The highest BCUT2D eigenvalue weighted by molar-refractivity contribution is 7.22. The van der Waals surface area contributed by atoms with Gasteiger partial charge in [-0.3, -0.25) is 9.69 Å². The van der Waals surface area contributed by atoms with Crippen LogP contribution < -0.4 is 4.90 Å². The summed E-state index contributed by atoms with van der Waals surface area (Å²) in [5, 5.41) is 0.748. The molecule has 0 N–H and O–H groups in total. The lowest BCUT2D eigenvalue weighted by molar-refractivity contribution is -0.118. The van der Waals surface area contributed by atoms with Gasteiger partial charge in [0.2, 0.25) is 5.91 Å². The zero-order valence-corrected chi connectivity index (χ0v) is 20.0. The van der Waals surface area contributed by atoms with E-state index in [1.807, 2.05) is 53.4 Å². The van der Waals surface area contributed by atoms with Crippen LogP contribution >= 0.6 is 11.3 Å². The minimum Gasteiger partial charge on any atom is -0.283 e. The molecule has 0 aliphatic rings. The molecule has 0 aliphatic heterocycles. The van der Waals surface area contributed by atoms with Crippen molar-refractivity contribution in [2.75, 3.05) is 4.90 Å². The van der Waals surface area contributed by atoms with E-state index in [0.29, 0.717) is 13.0 Å². The second-order valence-electron chi connectivity index (χ2n) is 8.36. The fourth-order valence-corrected chi connectivity index (χ4v) is 5.08. The Morgan fingerprint density at radius 3 is 2.12 bits per heavy atom. The molecule has 5 rings (SSSR count). The summed E-state index contributed by atoms with van der Waals surface area (Å²) in [5.41, 5.74) is 6.63. The highest BCUT2D eigenvalue weighted by Gasteiger charge is 2.21. The van der Waals surface area contributed by atoms with E-state index in [1.54, 1.807) is 11.3 Å². The highest BCUT2D eigenvalue weighted by atomic mass is 32.1. The van der Waals surface area contributed by atoms with E-state index in [9.17, 15) is 4.79 Å². The van der Waals surface area contributed by atoms with Crippen LogP contribution in [0.25, 0.3) is 21.3 Å². The van der Waals surface area contributed by atoms with E-state index in [2.05, 4.69) is 61.5 Å². The van der Waals surface area contributed by atoms with Gasteiger partial charge in [0.05, 0.1) is 23.2 Å². The summed E-state index contributed by atoms with van der Waals surface area (Å²) in [6, 6.07) is 35.0. The second-order valence-corrected chi connectivity index (χ2v) is 9.37. The Morgan fingerprint density at radius 1 is 0.765 bits per heavy atom. The monoisotopic (exact) mass is 462 g/mol. The molecular formula is C30H26N2OS. The van der Waals surface area contributed by atoms with Crippen LogP contribution in [-0.2, 0) is 24.2 Å². The molecule has 0 saturated carbocycles. The van der Waals surface area contributed by atoms with E-state index in [-0.39, 0.29) is 5.91 Å². The van der Waals surface area contributed by atoms with Crippen molar-refractivity contribution in [2.45, 2.75) is 26.3 Å². The van der Waals surface area contributed by atoms with Crippen molar-refractivity contribution < 1.29 is 4.79 Å². The maximum atomic E-state index is 13.6. The molecule has 5 aromatic rings. The number of rotatable bonds is 7. The van der Waals surface area contributed by atoms with Crippen LogP contribution in [0.4, 0.5) is 5.13 Å². The van der Waals surface area contributed by atoms with Crippen LogP contribution in [0.5, 0.6) is 0 Å². The first-order valence-corrected chi connectivity index (χ1v) is 12.4. The number of carbonyl (C=O) groups is 1. The Balaban J connectivity index is 1.42. The number of hydrogen-bond acceptors (Lipinski definition) is 3. The first kappa shape index (κ1) is 22.1. The van der Waals surface area contributed by atoms with Crippen molar-refractivity contribution in [1.29, 1.82) is 0 Å². The van der Waals surface area contributed by atoms with Gasteiger partial charge in [-0.2, -0.15) is 0 Å².